The molecule has 0 saturated carbocycles. The van der Waals surface area contributed by atoms with E-state index in [1.165, 1.54) is 6.92 Å². The van der Waals surface area contributed by atoms with E-state index in [1.54, 1.807) is 17.8 Å². The molecule has 0 radical (unpaired) electrons. The van der Waals surface area contributed by atoms with E-state index in [0.717, 1.165) is 5.75 Å². The first-order chi connectivity index (χ1) is 4.79. The van der Waals surface area contributed by atoms with Gasteiger partial charge in [0.25, 0.3) is 0 Å². The zero-order valence-electron chi connectivity index (χ0n) is 5.66. The van der Waals surface area contributed by atoms with Gasteiger partial charge in [-0.25, -0.2) is 0 Å². The zero-order chi connectivity index (χ0) is 7.40. The van der Waals surface area contributed by atoms with Crippen LogP contribution in [0, 0.1) is 0 Å². The van der Waals surface area contributed by atoms with Crippen LogP contribution in [0.1, 0.15) is 6.92 Å². The number of rotatable bonds is 1. The van der Waals surface area contributed by atoms with Crippen LogP contribution in [0.2, 0.25) is 0 Å². The summed E-state index contributed by atoms with van der Waals surface area (Å²) in [6, 6.07) is 0. The Labute approximate surface area is 63.9 Å². The van der Waals surface area contributed by atoms with Crippen molar-refractivity contribution in [2.75, 3.05) is 5.75 Å². The topological polar surface area (TPSA) is 26.3 Å². The highest BCUT2D eigenvalue weighted by atomic mass is 32.2. The van der Waals surface area contributed by atoms with Crippen LogP contribution in [-0.4, -0.2) is 11.7 Å². The van der Waals surface area contributed by atoms with Gasteiger partial charge in [0.2, 0.25) is 0 Å². The lowest BCUT2D eigenvalue weighted by Gasteiger charge is -2.04. The quantitative estimate of drug-likeness (QED) is 0.540. The molecule has 0 spiro atoms. The highest BCUT2D eigenvalue weighted by Crippen LogP contribution is 2.14. The maximum absolute atomic E-state index is 10.4. The first kappa shape index (κ1) is 7.41. The van der Waals surface area contributed by atoms with E-state index in [9.17, 15) is 4.79 Å². The predicted molar refractivity (Wildman–Crippen MR) is 41.4 cm³/mol. The average molecular weight is 156 g/mol. The highest BCUT2D eigenvalue weighted by molar-refractivity contribution is 8.02. The predicted octanol–water partition coefficient (Wildman–Crippen LogP) is 1.69. The Hall–Kier alpha value is -0.700. The van der Waals surface area contributed by atoms with Crippen molar-refractivity contribution in [1.29, 1.82) is 0 Å². The second-order valence-electron chi connectivity index (χ2n) is 1.84. The fourth-order valence-corrected chi connectivity index (χ4v) is 1.21. The molecule has 0 amide bonds. The van der Waals surface area contributed by atoms with Gasteiger partial charge in [0.1, 0.15) is 5.76 Å². The molecule has 1 aliphatic heterocycles. The molecule has 0 aromatic carbocycles. The van der Waals surface area contributed by atoms with Crippen molar-refractivity contribution in [3.8, 4) is 0 Å². The number of ether oxygens (including phenoxy) is 1. The molecule has 2 nitrogen and oxygen atoms in total. The third kappa shape index (κ3) is 2.27. The van der Waals surface area contributed by atoms with E-state index in [4.69, 9.17) is 4.74 Å². The lowest BCUT2D eigenvalue weighted by Crippen LogP contribution is -1.98. The summed E-state index contributed by atoms with van der Waals surface area (Å²) in [4.78, 5) is 10.4. The molecule has 1 heterocycles. The van der Waals surface area contributed by atoms with Gasteiger partial charge in [-0.15, -0.1) is 11.8 Å². The summed E-state index contributed by atoms with van der Waals surface area (Å²) in [5.74, 6) is 1.29. The fourth-order valence-electron chi connectivity index (χ4n) is 0.611. The van der Waals surface area contributed by atoms with Gasteiger partial charge in [-0.1, -0.05) is 0 Å². The van der Waals surface area contributed by atoms with Crippen molar-refractivity contribution in [2.45, 2.75) is 6.92 Å². The minimum atomic E-state index is -0.261. The third-order valence-corrected chi connectivity index (χ3v) is 1.66. The number of allylic oxidation sites excluding steroid dienone is 1. The fraction of sp³-hybridized carbons (Fsp3) is 0.286. The number of hydrogen-bond donors (Lipinski definition) is 0. The van der Waals surface area contributed by atoms with E-state index >= 15 is 0 Å². The van der Waals surface area contributed by atoms with Crippen molar-refractivity contribution in [3.05, 3.63) is 23.3 Å². The molecule has 10 heavy (non-hydrogen) atoms. The maximum atomic E-state index is 10.4. The van der Waals surface area contributed by atoms with Crippen LogP contribution in [0.4, 0.5) is 0 Å². The Kier molecular flexibility index (Phi) is 2.57. The van der Waals surface area contributed by atoms with Gasteiger partial charge in [0, 0.05) is 12.7 Å². The van der Waals surface area contributed by atoms with Crippen LogP contribution in [0.25, 0.3) is 0 Å². The van der Waals surface area contributed by atoms with Gasteiger partial charge in [-0.2, -0.15) is 0 Å². The Morgan fingerprint density at radius 3 is 3.10 bits per heavy atom. The first-order valence-electron chi connectivity index (χ1n) is 2.96. The molecule has 3 heteroatoms. The molecule has 0 atom stereocenters. The second-order valence-corrected chi connectivity index (χ2v) is 2.78. The third-order valence-electron chi connectivity index (χ3n) is 0.971. The van der Waals surface area contributed by atoms with Gasteiger partial charge in [0.05, 0.1) is 0 Å². The molecular formula is C7H8O2S. The van der Waals surface area contributed by atoms with Gasteiger partial charge >= 0.3 is 5.97 Å². The molecule has 1 aliphatic rings. The molecule has 0 saturated heterocycles. The van der Waals surface area contributed by atoms with Crippen molar-refractivity contribution < 1.29 is 9.53 Å². The van der Waals surface area contributed by atoms with Crippen LogP contribution >= 0.6 is 11.8 Å². The maximum Gasteiger partial charge on any atom is 0.308 e. The van der Waals surface area contributed by atoms with Crippen molar-refractivity contribution in [2.24, 2.45) is 0 Å². The van der Waals surface area contributed by atoms with Crippen LogP contribution < -0.4 is 0 Å². The summed E-state index contributed by atoms with van der Waals surface area (Å²) < 4.78 is 4.81. The van der Waals surface area contributed by atoms with Gasteiger partial charge in [0.15, 0.2) is 0 Å². The largest absolute Gasteiger partial charge is 0.427 e. The summed E-state index contributed by atoms with van der Waals surface area (Å²) in [6.07, 6.45) is 3.67. The lowest BCUT2D eigenvalue weighted by atomic mass is 10.4. The standard InChI is InChI=1S/C7H8O2S/c1-6(8)9-7-2-4-10-5-3-7/h2-4H,5H2,1H3. The first-order valence-corrected chi connectivity index (χ1v) is 4.00. The molecule has 0 bridgehead atoms. The number of thioether (sulfide) groups is 1. The molecular weight excluding hydrogens is 148 g/mol. The second kappa shape index (κ2) is 3.46. The summed E-state index contributed by atoms with van der Waals surface area (Å²) >= 11 is 1.68. The summed E-state index contributed by atoms with van der Waals surface area (Å²) in [6.45, 7) is 1.40. The van der Waals surface area contributed by atoms with Crippen molar-refractivity contribution >= 4 is 17.7 Å². The minimum absolute atomic E-state index is 0.261. The monoisotopic (exact) mass is 156 g/mol. The Morgan fingerprint density at radius 1 is 1.80 bits per heavy atom. The molecule has 54 valence electrons. The van der Waals surface area contributed by atoms with Crippen LogP contribution in [-0.2, 0) is 9.53 Å². The number of carbonyl (C=O) groups is 1. The summed E-state index contributed by atoms with van der Waals surface area (Å²) in [5.41, 5.74) is 0. The van der Waals surface area contributed by atoms with E-state index in [2.05, 4.69) is 0 Å². The lowest BCUT2D eigenvalue weighted by molar-refractivity contribution is -0.136. The summed E-state index contributed by atoms with van der Waals surface area (Å²) in [5, 5.41) is 1.91. The Morgan fingerprint density at radius 2 is 2.60 bits per heavy atom. The minimum Gasteiger partial charge on any atom is -0.427 e. The summed E-state index contributed by atoms with van der Waals surface area (Å²) in [7, 11) is 0. The van der Waals surface area contributed by atoms with E-state index < -0.39 is 0 Å². The molecule has 0 fully saturated rings. The molecule has 0 unspecified atom stereocenters. The van der Waals surface area contributed by atoms with Crippen LogP contribution in [0.5, 0.6) is 0 Å². The molecule has 0 aromatic heterocycles. The van der Waals surface area contributed by atoms with Crippen molar-refractivity contribution in [1.82, 2.24) is 0 Å². The number of carbonyl (C=O) groups excluding carboxylic acids is 1. The Bertz CT molecular complexity index is 194. The van der Waals surface area contributed by atoms with Gasteiger partial charge < -0.3 is 4.74 Å². The average Bonchev–Trinajstić information content (AvgIpc) is 1.88. The van der Waals surface area contributed by atoms with E-state index in [1.807, 2.05) is 11.5 Å². The van der Waals surface area contributed by atoms with E-state index in [0.29, 0.717) is 5.76 Å². The SMILES string of the molecule is CC(=O)OC1=CCSC=C1. The van der Waals surface area contributed by atoms with Gasteiger partial charge in [-0.3, -0.25) is 4.79 Å². The highest BCUT2D eigenvalue weighted by Gasteiger charge is 1.99. The van der Waals surface area contributed by atoms with Crippen LogP contribution in [0.3, 0.4) is 0 Å². The Balaban J connectivity index is 2.48. The molecule has 0 aromatic rings. The normalized spacial score (nSPS) is 16.3. The molecule has 0 N–H and O–H groups in total. The molecule has 1 rings (SSSR count). The van der Waals surface area contributed by atoms with E-state index in [-0.39, 0.29) is 5.97 Å². The van der Waals surface area contributed by atoms with Crippen LogP contribution in [0.15, 0.2) is 23.3 Å². The number of esters is 1. The van der Waals surface area contributed by atoms with Crippen molar-refractivity contribution in [3.63, 3.8) is 0 Å². The number of hydrogen-bond acceptors (Lipinski definition) is 3. The molecule has 0 aliphatic carbocycles. The van der Waals surface area contributed by atoms with Gasteiger partial charge in [-0.05, 0) is 17.6 Å². The smallest absolute Gasteiger partial charge is 0.308 e. The zero-order valence-corrected chi connectivity index (χ0v) is 6.48.